The van der Waals surface area contributed by atoms with Crippen LogP contribution >= 0.6 is 0 Å². The molecule has 2 rings (SSSR count). The molecule has 0 amide bonds. The van der Waals surface area contributed by atoms with Crippen LogP contribution in [0.5, 0.6) is 11.6 Å². The summed E-state index contributed by atoms with van der Waals surface area (Å²) >= 11 is 0. The Morgan fingerprint density at radius 2 is 2.06 bits per heavy atom. The molecule has 0 saturated carbocycles. The SMILES string of the molecule is Cc1ccc(Oc2cnc(N)cn2)cc1F. The van der Waals surface area contributed by atoms with Crippen LogP contribution in [0.1, 0.15) is 5.56 Å². The molecule has 0 bridgehead atoms. The number of hydrogen-bond donors (Lipinski definition) is 1. The fourth-order valence-corrected chi connectivity index (χ4v) is 1.14. The van der Waals surface area contributed by atoms with Crippen molar-refractivity contribution >= 4 is 5.82 Å². The number of halogens is 1. The maximum Gasteiger partial charge on any atom is 0.237 e. The number of benzene rings is 1. The van der Waals surface area contributed by atoms with Crippen LogP contribution in [-0.2, 0) is 0 Å². The Kier molecular flexibility index (Phi) is 2.68. The van der Waals surface area contributed by atoms with Crippen LogP contribution in [-0.4, -0.2) is 9.97 Å². The molecular formula is C11H10FN3O. The van der Waals surface area contributed by atoms with E-state index in [9.17, 15) is 4.39 Å². The van der Waals surface area contributed by atoms with E-state index in [0.29, 0.717) is 17.1 Å². The van der Waals surface area contributed by atoms with Gasteiger partial charge in [0.15, 0.2) is 0 Å². The fraction of sp³-hybridized carbons (Fsp3) is 0.0909. The number of hydrogen-bond acceptors (Lipinski definition) is 4. The third kappa shape index (κ3) is 2.25. The van der Waals surface area contributed by atoms with Gasteiger partial charge in [0.05, 0.1) is 12.4 Å². The summed E-state index contributed by atoms with van der Waals surface area (Å²) < 4.78 is 18.5. The standard InChI is InChI=1S/C11H10FN3O/c1-7-2-3-8(4-9(7)12)16-11-6-14-10(13)5-15-11/h2-6H,1H3,(H2,13,14). The number of nitrogens with zero attached hydrogens (tertiary/aromatic N) is 2. The number of anilines is 1. The Labute approximate surface area is 91.9 Å². The van der Waals surface area contributed by atoms with E-state index in [2.05, 4.69) is 9.97 Å². The Bertz CT molecular complexity index is 499. The molecule has 2 N–H and O–H groups in total. The molecule has 0 atom stereocenters. The summed E-state index contributed by atoms with van der Waals surface area (Å²) in [7, 11) is 0. The molecule has 0 saturated heterocycles. The number of nitrogens with two attached hydrogens (primary N) is 1. The number of aryl methyl sites for hydroxylation is 1. The molecule has 0 aliphatic carbocycles. The molecule has 0 fully saturated rings. The second-order valence-electron chi connectivity index (χ2n) is 3.29. The molecular weight excluding hydrogens is 209 g/mol. The van der Waals surface area contributed by atoms with Crippen molar-refractivity contribution in [2.45, 2.75) is 6.92 Å². The van der Waals surface area contributed by atoms with E-state index >= 15 is 0 Å². The third-order valence-electron chi connectivity index (χ3n) is 2.01. The first kappa shape index (κ1) is 10.4. The van der Waals surface area contributed by atoms with E-state index < -0.39 is 0 Å². The average molecular weight is 219 g/mol. The lowest BCUT2D eigenvalue weighted by atomic mass is 10.2. The van der Waals surface area contributed by atoms with Gasteiger partial charge in [-0.25, -0.2) is 14.4 Å². The summed E-state index contributed by atoms with van der Waals surface area (Å²) in [6.07, 6.45) is 2.76. The second kappa shape index (κ2) is 4.14. The van der Waals surface area contributed by atoms with Crippen molar-refractivity contribution < 1.29 is 9.13 Å². The molecule has 1 aromatic carbocycles. The number of ether oxygens (including phenoxy) is 1. The van der Waals surface area contributed by atoms with E-state index in [4.69, 9.17) is 10.5 Å². The van der Waals surface area contributed by atoms with Gasteiger partial charge in [0.2, 0.25) is 5.88 Å². The van der Waals surface area contributed by atoms with Crippen LogP contribution in [0.2, 0.25) is 0 Å². The lowest BCUT2D eigenvalue weighted by Crippen LogP contribution is -1.94. The highest BCUT2D eigenvalue weighted by molar-refractivity contribution is 5.32. The van der Waals surface area contributed by atoms with Crippen molar-refractivity contribution in [3.63, 3.8) is 0 Å². The van der Waals surface area contributed by atoms with Gasteiger partial charge < -0.3 is 10.5 Å². The molecule has 0 unspecified atom stereocenters. The molecule has 0 aliphatic rings. The van der Waals surface area contributed by atoms with Gasteiger partial charge in [-0.1, -0.05) is 6.07 Å². The highest BCUT2D eigenvalue weighted by Crippen LogP contribution is 2.21. The van der Waals surface area contributed by atoms with Crippen LogP contribution in [0.15, 0.2) is 30.6 Å². The number of aromatic nitrogens is 2. The quantitative estimate of drug-likeness (QED) is 0.841. The molecule has 82 valence electrons. The first-order chi connectivity index (χ1) is 7.65. The zero-order valence-electron chi connectivity index (χ0n) is 8.64. The number of rotatable bonds is 2. The molecule has 2 aromatic rings. The van der Waals surface area contributed by atoms with Crippen LogP contribution in [0.3, 0.4) is 0 Å². The molecule has 16 heavy (non-hydrogen) atoms. The predicted octanol–water partition coefficient (Wildman–Crippen LogP) is 2.30. The first-order valence-electron chi connectivity index (χ1n) is 4.66. The van der Waals surface area contributed by atoms with Crippen molar-refractivity contribution in [1.29, 1.82) is 0 Å². The van der Waals surface area contributed by atoms with E-state index in [1.807, 2.05) is 0 Å². The van der Waals surface area contributed by atoms with Gasteiger partial charge >= 0.3 is 0 Å². The molecule has 4 nitrogen and oxygen atoms in total. The summed E-state index contributed by atoms with van der Waals surface area (Å²) in [6, 6.07) is 4.60. The lowest BCUT2D eigenvalue weighted by molar-refractivity contribution is 0.455. The van der Waals surface area contributed by atoms with E-state index in [-0.39, 0.29) is 11.7 Å². The third-order valence-corrected chi connectivity index (χ3v) is 2.01. The summed E-state index contributed by atoms with van der Waals surface area (Å²) in [5.41, 5.74) is 5.94. The minimum absolute atomic E-state index is 0.275. The molecule has 5 heteroatoms. The van der Waals surface area contributed by atoms with Crippen molar-refractivity contribution in [2.75, 3.05) is 5.73 Å². The van der Waals surface area contributed by atoms with Crippen LogP contribution in [0.25, 0.3) is 0 Å². The van der Waals surface area contributed by atoms with Crippen molar-refractivity contribution in [3.8, 4) is 11.6 Å². The highest BCUT2D eigenvalue weighted by atomic mass is 19.1. The Morgan fingerprint density at radius 3 is 2.69 bits per heavy atom. The van der Waals surface area contributed by atoms with E-state index in [0.717, 1.165) is 0 Å². The maximum atomic E-state index is 13.2. The second-order valence-corrected chi connectivity index (χ2v) is 3.29. The summed E-state index contributed by atoms with van der Waals surface area (Å²) in [5, 5.41) is 0. The van der Waals surface area contributed by atoms with Gasteiger partial charge in [-0.15, -0.1) is 0 Å². The Hall–Kier alpha value is -2.17. The van der Waals surface area contributed by atoms with Gasteiger partial charge in [-0.05, 0) is 18.6 Å². The minimum Gasteiger partial charge on any atom is -0.437 e. The van der Waals surface area contributed by atoms with Crippen LogP contribution in [0.4, 0.5) is 10.2 Å². The Morgan fingerprint density at radius 1 is 1.25 bits per heavy atom. The smallest absolute Gasteiger partial charge is 0.237 e. The Balaban J connectivity index is 2.20. The molecule has 0 aliphatic heterocycles. The van der Waals surface area contributed by atoms with Gasteiger partial charge in [-0.3, -0.25) is 0 Å². The van der Waals surface area contributed by atoms with Crippen molar-refractivity contribution in [2.24, 2.45) is 0 Å². The van der Waals surface area contributed by atoms with Crippen molar-refractivity contribution in [3.05, 3.63) is 42.0 Å². The topological polar surface area (TPSA) is 61.0 Å². The fourth-order valence-electron chi connectivity index (χ4n) is 1.14. The van der Waals surface area contributed by atoms with E-state index in [1.165, 1.54) is 18.5 Å². The van der Waals surface area contributed by atoms with Crippen molar-refractivity contribution in [1.82, 2.24) is 9.97 Å². The summed E-state index contributed by atoms with van der Waals surface area (Å²) in [5.74, 6) is 0.642. The zero-order chi connectivity index (χ0) is 11.5. The normalized spacial score (nSPS) is 10.1. The largest absolute Gasteiger partial charge is 0.437 e. The van der Waals surface area contributed by atoms with Gasteiger partial charge in [0, 0.05) is 6.07 Å². The number of nitrogen functional groups attached to an aromatic ring is 1. The van der Waals surface area contributed by atoms with Crippen LogP contribution < -0.4 is 10.5 Å². The minimum atomic E-state index is -0.319. The lowest BCUT2D eigenvalue weighted by Gasteiger charge is -2.05. The monoisotopic (exact) mass is 219 g/mol. The molecule has 0 spiro atoms. The van der Waals surface area contributed by atoms with Gasteiger partial charge in [0.25, 0.3) is 0 Å². The summed E-state index contributed by atoms with van der Waals surface area (Å²) in [6.45, 7) is 1.68. The van der Waals surface area contributed by atoms with Gasteiger partial charge in [0.1, 0.15) is 17.4 Å². The highest BCUT2D eigenvalue weighted by Gasteiger charge is 2.02. The average Bonchev–Trinajstić information content (AvgIpc) is 2.27. The molecule has 1 heterocycles. The first-order valence-corrected chi connectivity index (χ1v) is 4.66. The maximum absolute atomic E-state index is 13.2. The van der Waals surface area contributed by atoms with E-state index in [1.54, 1.807) is 19.1 Å². The zero-order valence-corrected chi connectivity index (χ0v) is 8.64. The molecule has 1 aromatic heterocycles. The summed E-state index contributed by atoms with van der Waals surface area (Å²) in [4.78, 5) is 7.71. The molecule has 0 radical (unpaired) electrons. The predicted molar refractivity (Wildman–Crippen MR) is 57.7 cm³/mol. The van der Waals surface area contributed by atoms with Crippen LogP contribution in [0, 0.1) is 12.7 Å². The van der Waals surface area contributed by atoms with Gasteiger partial charge in [-0.2, -0.15) is 0 Å².